The van der Waals surface area contributed by atoms with E-state index in [9.17, 15) is 0 Å². The zero-order valence-corrected chi connectivity index (χ0v) is 49.6. The maximum absolute atomic E-state index is 7.20. The number of nitrogens with two attached hydrogens (primary N) is 1. The van der Waals surface area contributed by atoms with Gasteiger partial charge in [0.15, 0.2) is 0 Å². The number of aromatic nitrogens is 3. The van der Waals surface area contributed by atoms with Gasteiger partial charge in [-0.15, -0.1) is 0 Å². The molecule has 3 aromatic heterocycles. The van der Waals surface area contributed by atoms with Gasteiger partial charge < -0.3 is 14.9 Å². The average Bonchev–Trinajstić information content (AvgIpc) is 4.34. The quantitative estimate of drug-likeness (QED) is 0.0644. The molecule has 0 bridgehead atoms. The first-order chi connectivity index (χ1) is 39.8. The molecule has 0 spiro atoms. The lowest BCUT2D eigenvalue weighted by Gasteiger charge is -2.15. The first-order valence-electron chi connectivity index (χ1n) is 31.2. The number of allylic oxidation sites excluding steroid dienone is 1. The van der Waals surface area contributed by atoms with Crippen LogP contribution in [-0.2, 0) is 19.3 Å². The number of fused-ring (bicyclic) bond motifs is 7. The van der Waals surface area contributed by atoms with E-state index in [1.165, 1.54) is 160 Å². The Bertz CT molecular complexity index is 3890. The first-order valence-corrected chi connectivity index (χ1v) is 31.2. The van der Waals surface area contributed by atoms with Crippen LogP contribution < -0.4 is 5.73 Å². The highest BCUT2D eigenvalue weighted by molar-refractivity contribution is 6.13. The molecule has 0 fully saturated rings. The molecule has 11 aromatic rings. The number of unbranched alkanes of at least 4 members (excludes halogenated alkanes) is 3. The summed E-state index contributed by atoms with van der Waals surface area (Å²) in [5, 5.41) is 6.35. The highest BCUT2D eigenvalue weighted by atomic mass is 15.1. The molecule has 414 valence electrons. The third-order valence-corrected chi connectivity index (χ3v) is 18.3. The normalized spacial score (nSPS) is 13.2. The van der Waals surface area contributed by atoms with E-state index in [4.69, 9.17) is 5.73 Å². The predicted octanol–water partition coefficient (Wildman–Crippen LogP) is 22.1. The van der Waals surface area contributed by atoms with Crippen LogP contribution in [0.4, 0.5) is 5.82 Å². The van der Waals surface area contributed by atoms with Crippen molar-refractivity contribution in [2.75, 3.05) is 5.73 Å². The minimum atomic E-state index is 0.710. The maximum Gasteiger partial charge on any atom is 0.116 e. The van der Waals surface area contributed by atoms with E-state index < -0.39 is 0 Å². The molecule has 8 aromatic carbocycles. The monoisotopic (exact) mass is 1070 g/mol. The molecular formula is C77H86N4. The van der Waals surface area contributed by atoms with E-state index in [0.29, 0.717) is 11.8 Å². The standard InChI is InChI=1S/C77H86N4/c1-8-15-23-53(12-5)46-56-30-34-59(35-31-56)60-36-39-62(40-37-60)80-75-44-38-61(51-69(75)66(22-11-4)77(80)78)64-26-18-20-28-71(64)81-72-29-21-19-27-65(72)70-52-63(41-45-76(70)81)79-73-42-32-57(47-54(13-6)24-16-9-2)49-67(73)68-50-58(33-43-74(68)79)48-55(14-7)25-17-10-3/h11,18-22,26-45,49-55H,8-10,12-17,23-25,46-48,78H2,1-7H3/b22-11-. The molecule has 0 aliphatic heterocycles. The van der Waals surface area contributed by atoms with Crippen LogP contribution in [0, 0.1) is 17.8 Å². The molecular weight excluding hydrogens is 981 g/mol. The van der Waals surface area contributed by atoms with Gasteiger partial charge in [0.05, 0.1) is 33.3 Å². The molecule has 0 aliphatic carbocycles. The Morgan fingerprint density at radius 2 is 0.852 bits per heavy atom. The van der Waals surface area contributed by atoms with Gasteiger partial charge in [0.2, 0.25) is 0 Å². The summed E-state index contributed by atoms with van der Waals surface area (Å²) in [7, 11) is 0. The Hall–Kier alpha value is -7.56. The van der Waals surface area contributed by atoms with Crippen LogP contribution in [0.25, 0.3) is 99.9 Å². The number of rotatable bonds is 24. The molecule has 81 heavy (non-hydrogen) atoms. The van der Waals surface area contributed by atoms with E-state index in [1.807, 2.05) is 0 Å². The summed E-state index contributed by atoms with van der Waals surface area (Å²) in [4.78, 5) is 0. The highest BCUT2D eigenvalue weighted by Crippen LogP contribution is 2.42. The number of benzene rings is 8. The largest absolute Gasteiger partial charge is 0.384 e. The van der Waals surface area contributed by atoms with Crippen molar-refractivity contribution in [3.8, 4) is 39.3 Å². The second-order valence-corrected chi connectivity index (χ2v) is 23.6. The summed E-state index contributed by atoms with van der Waals surface area (Å²) in [5.74, 6) is 2.91. The third kappa shape index (κ3) is 11.2. The predicted molar refractivity (Wildman–Crippen MR) is 353 cm³/mol. The van der Waals surface area contributed by atoms with Crippen LogP contribution >= 0.6 is 0 Å². The number of nitrogen functional groups attached to an aromatic ring is 1. The van der Waals surface area contributed by atoms with E-state index in [2.05, 4.69) is 244 Å². The Labute approximate surface area is 483 Å². The Morgan fingerprint density at radius 1 is 0.395 bits per heavy atom. The number of hydrogen-bond acceptors (Lipinski definition) is 1. The van der Waals surface area contributed by atoms with E-state index >= 15 is 0 Å². The number of para-hydroxylation sites is 2. The smallest absolute Gasteiger partial charge is 0.116 e. The molecule has 0 radical (unpaired) electrons. The van der Waals surface area contributed by atoms with Gasteiger partial charge >= 0.3 is 0 Å². The van der Waals surface area contributed by atoms with Crippen LogP contribution in [0.2, 0.25) is 0 Å². The molecule has 0 aliphatic rings. The fourth-order valence-corrected chi connectivity index (χ4v) is 13.5. The van der Waals surface area contributed by atoms with Crippen molar-refractivity contribution in [2.45, 2.75) is 145 Å². The SMILES string of the molecule is C/C=C\c1c(N)n(-c2ccc(-c3ccc(CC(CC)CCCC)cc3)cc2)c2ccc(-c3ccccc3-n3c4ccccc4c4cc(-n5c6ccc(CC(CC)CCCC)cc6c6cc(CC(CC)CCCC)ccc65)ccc43)cc12. The molecule has 2 N–H and O–H groups in total. The Balaban J connectivity index is 0.969. The summed E-state index contributed by atoms with van der Waals surface area (Å²) in [5.41, 5.74) is 26.7. The zero-order valence-electron chi connectivity index (χ0n) is 49.6. The first kappa shape index (κ1) is 55.4. The minimum absolute atomic E-state index is 0.710. The van der Waals surface area contributed by atoms with Gasteiger partial charge in [-0.05, 0) is 156 Å². The van der Waals surface area contributed by atoms with Crippen molar-refractivity contribution in [3.05, 3.63) is 198 Å². The van der Waals surface area contributed by atoms with E-state index in [0.717, 1.165) is 64.4 Å². The summed E-state index contributed by atoms with van der Waals surface area (Å²) >= 11 is 0. The molecule has 3 atom stereocenters. The number of hydrogen-bond donors (Lipinski definition) is 1. The molecule has 3 unspecified atom stereocenters. The third-order valence-electron chi connectivity index (χ3n) is 18.3. The van der Waals surface area contributed by atoms with Gasteiger partial charge in [-0.25, -0.2) is 0 Å². The molecule has 0 amide bonds. The summed E-state index contributed by atoms with van der Waals surface area (Å²) in [6.45, 7) is 16.1. The maximum atomic E-state index is 7.20. The van der Waals surface area contributed by atoms with Gasteiger partial charge in [-0.2, -0.15) is 0 Å². The Morgan fingerprint density at radius 3 is 1.44 bits per heavy atom. The van der Waals surface area contributed by atoms with Crippen molar-refractivity contribution < 1.29 is 0 Å². The lowest BCUT2D eigenvalue weighted by molar-refractivity contribution is 0.449. The van der Waals surface area contributed by atoms with Gasteiger partial charge in [-0.1, -0.05) is 222 Å². The molecule has 4 nitrogen and oxygen atoms in total. The van der Waals surface area contributed by atoms with Gasteiger partial charge in [0.25, 0.3) is 0 Å². The van der Waals surface area contributed by atoms with Crippen molar-refractivity contribution in [1.82, 2.24) is 13.7 Å². The summed E-state index contributed by atoms with van der Waals surface area (Å²) < 4.78 is 7.25. The van der Waals surface area contributed by atoms with Crippen molar-refractivity contribution in [3.63, 3.8) is 0 Å². The Kier molecular flexibility index (Phi) is 17.1. The van der Waals surface area contributed by atoms with Crippen molar-refractivity contribution in [1.29, 1.82) is 0 Å². The molecule has 0 saturated heterocycles. The fourth-order valence-electron chi connectivity index (χ4n) is 13.5. The second-order valence-electron chi connectivity index (χ2n) is 23.6. The van der Waals surface area contributed by atoms with E-state index in [1.54, 1.807) is 0 Å². The minimum Gasteiger partial charge on any atom is -0.384 e. The summed E-state index contributed by atoms with van der Waals surface area (Å²) in [6.07, 6.45) is 23.0. The van der Waals surface area contributed by atoms with E-state index in [-0.39, 0.29) is 0 Å². The highest BCUT2D eigenvalue weighted by Gasteiger charge is 2.22. The topological polar surface area (TPSA) is 40.8 Å². The van der Waals surface area contributed by atoms with Crippen LogP contribution in [-0.4, -0.2) is 13.7 Å². The molecule has 11 rings (SSSR count). The van der Waals surface area contributed by atoms with Gasteiger partial charge in [0, 0.05) is 49.4 Å². The second kappa shape index (κ2) is 25.1. The number of nitrogens with zero attached hydrogens (tertiary/aromatic N) is 3. The van der Waals surface area contributed by atoms with Crippen LogP contribution in [0.15, 0.2) is 176 Å². The van der Waals surface area contributed by atoms with Crippen LogP contribution in [0.1, 0.15) is 148 Å². The summed E-state index contributed by atoms with van der Waals surface area (Å²) in [6, 6.07) is 64.9. The molecule has 0 saturated carbocycles. The van der Waals surface area contributed by atoms with Crippen LogP contribution in [0.3, 0.4) is 0 Å². The molecule has 3 heterocycles. The molecule has 4 heteroatoms. The van der Waals surface area contributed by atoms with Crippen LogP contribution in [0.5, 0.6) is 0 Å². The lowest BCUT2D eigenvalue weighted by atomic mass is 9.90. The van der Waals surface area contributed by atoms with Gasteiger partial charge in [0.1, 0.15) is 5.82 Å². The number of anilines is 1. The zero-order chi connectivity index (χ0) is 56.0. The van der Waals surface area contributed by atoms with Gasteiger partial charge in [-0.3, -0.25) is 4.57 Å². The average molecular weight is 1070 g/mol. The fraction of sp³-hybridized carbons (Fsp3) is 0.325. The lowest BCUT2D eigenvalue weighted by Crippen LogP contribution is -2.03. The van der Waals surface area contributed by atoms with Crippen molar-refractivity contribution >= 4 is 66.4 Å². The van der Waals surface area contributed by atoms with Crippen molar-refractivity contribution in [2.24, 2.45) is 17.8 Å².